The van der Waals surface area contributed by atoms with E-state index in [0.29, 0.717) is 17.7 Å². The van der Waals surface area contributed by atoms with Crippen molar-refractivity contribution in [3.8, 4) is 5.75 Å². The molecule has 2 rings (SSSR count). The Kier molecular flexibility index (Phi) is 4.02. The van der Waals surface area contributed by atoms with Crippen LogP contribution in [-0.4, -0.2) is 12.9 Å². The van der Waals surface area contributed by atoms with Gasteiger partial charge in [0.1, 0.15) is 23.2 Å². The largest absolute Gasteiger partial charge is 0.496 e. The lowest BCUT2D eigenvalue weighted by Gasteiger charge is -2.13. The molecule has 110 valence electrons. The SMILES string of the molecule is COc1c(C(=O)c2c(F)cc(F)cc2F)ccc(C)c1C. The number of aryl methyl sites for hydroxylation is 1. The summed E-state index contributed by atoms with van der Waals surface area (Å²) in [4.78, 5) is 12.4. The second-order valence-corrected chi connectivity index (χ2v) is 4.66. The summed E-state index contributed by atoms with van der Waals surface area (Å²) in [7, 11) is 1.37. The molecule has 0 aliphatic heterocycles. The van der Waals surface area contributed by atoms with Crippen molar-refractivity contribution in [2.24, 2.45) is 0 Å². The first-order chi connectivity index (χ1) is 9.86. The molecule has 0 radical (unpaired) electrons. The second kappa shape index (κ2) is 5.60. The van der Waals surface area contributed by atoms with Gasteiger partial charge in [-0.15, -0.1) is 0 Å². The normalized spacial score (nSPS) is 10.6. The first kappa shape index (κ1) is 15.1. The van der Waals surface area contributed by atoms with Gasteiger partial charge in [-0.2, -0.15) is 0 Å². The highest BCUT2D eigenvalue weighted by Crippen LogP contribution is 2.29. The summed E-state index contributed by atoms with van der Waals surface area (Å²) in [5, 5.41) is 0. The third-order valence-corrected chi connectivity index (χ3v) is 3.36. The fraction of sp³-hybridized carbons (Fsp3) is 0.188. The number of rotatable bonds is 3. The number of carbonyl (C=O) groups is 1. The molecule has 0 saturated carbocycles. The van der Waals surface area contributed by atoms with Gasteiger partial charge < -0.3 is 4.74 Å². The summed E-state index contributed by atoms with van der Waals surface area (Å²) >= 11 is 0. The molecular weight excluding hydrogens is 281 g/mol. The van der Waals surface area contributed by atoms with Crippen molar-refractivity contribution in [1.82, 2.24) is 0 Å². The van der Waals surface area contributed by atoms with E-state index in [0.717, 1.165) is 5.56 Å². The second-order valence-electron chi connectivity index (χ2n) is 4.66. The van der Waals surface area contributed by atoms with E-state index in [2.05, 4.69) is 0 Å². The van der Waals surface area contributed by atoms with Gasteiger partial charge in [0.2, 0.25) is 5.78 Å². The zero-order valence-corrected chi connectivity index (χ0v) is 11.8. The number of carbonyl (C=O) groups excluding carboxylic acids is 1. The number of hydrogen-bond acceptors (Lipinski definition) is 2. The van der Waals surface area contributed by atoms with E-state index >= 15 is 0 Å². The molecule has 0 aliphatic rings. The maximum Gasteiger partial charge on any atom is 0.202 e. The third kappa shape index (κ3) is 2.63. The highest BCUT2D eigenvalue weighted by atomic mass is 19.1. The molecule has 5 heteroatoms. The molecule has 21 heavy (non-hydrogen) atoms. The van der Waals surface area contributed by atoms with Crippen LogP contribution in [-0.2, 0) is 0 Å². The molecule has 0 spiro atoms. The van der Waals surface area contributed by atoms with Crippen LogP contribution in [0.1, 0.15) is 27.0 Å². The average molecular weight is 294 g/mol. The van der Waals surface area contributed by atoms with Crippen molar-refractivity contribution >= 4 is 5.78 Å². The summed E-state index contributed by atoms with van der Waals surface area (Å²) in [5.74, 6) is -4.18. The van der Waals surface area contributed by atoms with Crippen LogP contribution in [0.2, 0.25) is 0 Å². The van der Waals surface area contributed by atoms with E-state index in [1.165, 1.54) is 13.2 Å². The molecule has 0 aromatic heterocycles. The zero-order chi connectivity index (χ0) is 15.7. The Morgan fingerprint density at radius 2 is 1.62 bits per heavy atom. The summed E-state index contributed by atoms with van der Waals surface area (Å²) in [6.07, 6.45) is 0. The predicted octanol–water partition coefficient (Wildman–Crippen LogP) is 3.96. The van der Waals surface area contributed by atoms with Crippen LogP contribution in [0.4, 0.5) is 13.2 Å². The maximum atomic E-state index is 13.7. The van der Waals surface area contributed by atoms with Gasteiger partial charge in [0.05, 0.1) is 18.2 Å². The fourth-order valence-electron chi connectivity index (χ4n) is 2.13. The van der Waals surface area contributed by atoms with Crippen molar-refractivity contribution in [2.45, 2.75) is 13.8 Å². The van der Waals surface area contributed by atoms with Crippen LogP contribution in [0.5, 0.6) is 5.75 Å². The molecular formula is C16H13F3O2. The highest BCUT2D eigenvalue weighted by molar-refractivity contribution is 6.11. The Hall–Kier alpha value is -2.30. The van der Waals surface area contributed by atoms with Crippen molar-refractivity contribution in [3.05, 3.63) is 64.0 Å². The Bertz CT molecular complexity index is 701. The lowest BCUT2D eigenvalue weighted by atomic mass is 9.97. The topological polar surface area (TPSA) is 26.3 Å². The molecule has 0 bridgehead atoms. The van der Waals surface area contributed by atoms with E-state index in [4.69, 9.17) is 4.74 Å². The van der Waals surface area contributed by atoms with Gasteiger partial charge in [0.15, 0.2) is 0 Å². The number of methoxy groups -OCH3 is 1. The quantitative estimate of drug-likeness (QED) is 0.801. The summed E-state index contributed by atoms with van der Waals surface area (Å²) in [6.45, 7) is 3.56. The molecule has 2 aromatic carbocycles. The molecule has 0 atom stereocenters. The fourth-order valence-corrected chi connectivity index (χ4v) is 2.13. The van der Waals surface area contributed by atoms with Crippen molar-refractivity contribution in [3.63, 3.8) is 0 Å². The number of ether oxygens (including phenoxy) is 1. The van der Waals surface area contributed by atoms with Crippen LogP contribution in [0.25, 0.3) is 0 Å². The van der Waals surface area contributed by atoms with Gasteiger partial charge >= 0.3 is 0 Å². The predicted molar refractivity (Wildman–Crippen MR) is 72.2 cm³/mol. The van der Waals surface area contributed by atoms with Crippen molar-refractivity contribution in [1.29, 1.82) is 0 Å². The lowest BCUT2D eigenvalue weighted by Crippen LogP contribution is -2.11. The van der Waals surface area contributed by atoms with E-state index in [9.17, 15) is 18.0 Å². The van der Waals surface area contributed by atoms with Gasteiger partial charge in [-0.1, -0.05) is 6.07 Å². The van der Waals surface area contributed by atoms with Crippen LogP contribution in [0.15, 0.2) is 24.3 Å². The molecule has 0 heterocycles. The number of halogens is 3. The number of ketones is 1. The monoisotopic (exact) mass is 294 g/mol. The molecule has 2 aromatic rings. The molecule has 2 nitrogen and oxygen atoms in total. The van der Waals surface area contributed by atoms with Gasteiger partial charge in [0, 0.05) is 12.1 Å². The summed E-state index contributed by atoms with van der Waals surface area (Å²) in [6, 6.07) is 4.05. The van der Waals surface area contributed by atoms with Crippen LogP contribution in [0.3, 0.4) is 0 Å². The first-order valence-corrected chi connectivity index (χ1v) is 6.20. The zero-order valence-electron chi connectivity index (χ0n) is 11.8. The Balaban J connectivity index is 2.64. The minimum absolute atomic E-state index is 0.0324. The van der Waals surface area contributed by atoms with Crippen LogP contribution >= 0.6 is 0 Å². The van der Waals surface area contributed by atoms with Gasteiger partial charge in [0.25, 0.3) is 0 Å². The molecule has 0 N–H and O–H groups in total. The lowest BCUT2D eigenvalue weighted by molar-refractivity contribution is 0.102. The highest BCUT2D eigenvalue weighted by Gasteiger charge is 2.24. The van der Waals surface area contributed by atoms with Crippen molar-refractivity contribution < 1.29 is 22.7 Å². The standard InChI is InChI=1S/C16H13F3O2/c1-8-4-5-11(16(21-3)9(8)2)15(20)14-12(18)6-10(17)7-13(14)19/h4-7H,1-3H3. The van der Waals surface area contributed by atoms with E-state index < -0.39 is 28.8 Å². The average Bonchev–Trinajstić information content (AvgIpc) is 2.40. The molecule has 0 unspecified atom stereocenters. The van der Waals surface area contributed by atoms with Crippen molar-refractivity contribution in [2.75, 3.05) is 7.11 Å². The number of hydrogen-bond donors (Lipinski definition) is 0. The van der Waals surface area contributed by atoms with Gasteiger partial charge in [-0.05, 0) is 31.0 Å². The van der Waals surface area contributed by atoms with E-state index in [-0.39, 0.29) is 11.3 Å². The molecule has 0 saturated heterocycles. The van der Waals surface area contributed by atoms with E-state index in [1.54, 1.807) is 13.0 Å². The summed E-state index contributed by atoms with van der Waals surface area (Å²) in [5.41, 5.74) is 0.817. The smallest absolute Gasteiger partial charge is 0.202 e. The molecule has 0 amide bonds. The third-order valence-electron chi connectivity index (χ3n) is 3.36. The Labute approximate surface area is 120 Å². The van der Waals surface area contributed by atoms with Gasteiger partial charge in [-0.25, -0.2) is 13.2 Å². The Morgan fingerprint density at radius 1 is 1.05 bits per heavy atom. The Morgan fingerprint density at radius 3 is 2.14 bits per heavy atom. The summed E-state index contributed by atoms with van der Waals surface area (Å²) < 4.78 is 45.5. The minimum atomic E-state index is -1.24. The molecule has 0 aliphatic carbocycles. The van der Waals surface area contributed by atoms with Crippen LogP contribution < -0.4 is 4.74 Å². The maximum absolute atomic E-state index is 13.7. The van der Waals surface area contributed by atoms with Crippen LogP contribution in [0, 0.1) is 31.3 Å². The van der Waals surface area contributed by atoms with Gasteiger partial charge in [-0.3, -0.25) is 4.79 Å². The number of benzene rings is 2. The minimum Gasteiger partial charge on any atom is -0.496 e. The molecule has 0 fully saturated rings. The first-order valence-electron chi connectivity index (χ1n) is 6.20. The van der Waals surface area contributed by atoms with E-state index in [1.807, 2.05) is 6.92 Å².